The van der Waals surface area contributed by atoms with Crippen molar-refractivity contribution in [1.29, 1.82) is 0 Å². The number of nitrogens with one attached hydrogen (secondary N) is 1. The quantitative estimate of drug-likeness (QED) is 0.416. The Balaban J connectivity index is 1.46. The molecule has 3 aromatic carbocycles. The van der Waals surface area contributed by atoms with E-state index in [1.165, 1.54) is 39.9 Å². The van der Waals surface area contributed by atoms with E-state index in [4.69, 9.17) is 0 Å². The minimum atomic E-state index is 0.0481. The van der Waals surface area contributed by atoms with Gasteiger partial charge in [-0.3, -0.25) is 4.79 Å². The van der Waals surface area contributed by atoms with Crippen molar-refractivity contribution >= 4 is 16.8 Å². The Morgan fingerprint density at radius 3 is 2.45 bits per heavy atom. The van der Waals surface area contributed by atoms with E-state index in [1.807, 2.05) is 12.1 Å². The lowest BCUT2D eigenvalue weighted by Crippen LogP contribution is -2.39. The van der Waals surface area contributed by atoms with Crippen molar-refractivity contribution in [3.05, 3.63) is 95.2 Å². The SMILES string of the molecule is Cc1c(C)n(Cc2cccc(-c3ccccc3)c2)c2ccc(C(=O)NC3CCC3)cc12. The summed E-state index contributed by atoms with van der Waals surface area (Å²) in [5.41, 5.74) is 8.17. The van der Waals surface area contributed by atoms with Gasteiger partial charge in [0.2, 0.25) is 0 Å². The van der Waals surface area contributed by atoms with Crippen LogP contribution in [0, 0.1) is 13.8 Å². The molecule has 156 valence electrons. The van der Waals surface area contributed by atoms with Crippen LogP contribution in [-0.4, -0.2) is 16.5 Å². The summed E-state index contributed by atoms with van der Waals surface area (Å²) in [6.45, 7) is 5.14. The minimum absolute atomic E-state index is 0.0481. The Labute approximate surface area is 183 Å². The van der Waals surface area contributed by atoms with Crippen LogP contribution in [0.1, 0.15) is 46.4 Å². The number of fused-ring (bicyclic) bond motifs is 1. The number of rotatable bonds is 5. The second-order valence-electron chi connectivity index (χ2n) is 8.70. The molecule has 0 unspecified atom stereocenters. The highest BCUT2D eigenvalue weighted by Gasteiger charge is 2.21. The fourth-order valence-electron chi connectivity index (χ4n) is 4.48. The van der Waals surface area contributed by atoms with Gasteiger partial charge in [0.15, 0.2) is 0 Å². The molecule has 0 bridgehead atoms. The molecule has 31 heavy (non-hydrogen) atoms. The summed E-state index contributed by atoms with van der Waals surface area (Å²) in [6.07, 6.45) is 3.42. The van der Waals surface area contributed by atoms with Gasteiger partial charge < -0.3 is 9.88 Å². The van der Waals surface area contributed by atoms with Crippen molar-refractivity contribution in [1.82, 2.24) is 9.88 Å². The topological polar surface area (TPSA) is 34.0 Å². The van der Waals surface area contributed by atoms with E-state index >= 15 is 0 Å². The molecule has 4 aromatic rings. The maximum absolute atomic E-state index is 12.6. The molecule has 3 nitrogen and oxygen atoms in total. The monoisotopic (exact) mass is 408 g/mol. The summed E-state index contributed by atoms with van der Waals surface area (Å²) >= 11 is 0. The van der Waals surface area contributed by atoms with Gasteiger partial charge in [0.05, 0.1) is 0 Å². The van der Waals surface area contributed by atoms with E-state index in [0.717, 1.165) is 30.3 Å². The molecule has 1 saturated carbocycles. The molecular weight excluding hydrogens is 380 g/mol. The van der Waals surface area contributed by atoms with Crippen molar-refractivity contribution in [2.24, 2.45) is 0 Å². The number of nitrogens with zero attached hydrogens (tertiary/aromatic N) is 1. The highest BCUT2D eigenvalue weighted by Crippen LogP contribution is 2.29. The van der Waals surface area contributed by atoms with Crippen LogP contribution in [0.25, 0.3) is 22.0 Å². The number of hydrogen-bond acceptors (Lipinski definition) is 1. The van der Waals surface area contributed by atoms with Crippen LogP contribution < -0.4 is 5.32 Å². The molecule has 0 aliphatic heterocycles. The molecule has 1 aromatic heterocycles. The van der Waals surface area contributed by atoms with Gasteiger partial charge in [-0.25, -0.2) is 0 Å². The lowest BCUT2D eigenvalue weighted by atomic mass is 9.93. The van der Waals surface area contributed by atoms with Crippen molar-refractivity contribution in [3.63, 3.8) is 0 Å². The largest absolute Gasteiger partial charge is 0.349 e. The number of amides is 1. The van der Waals surface area contributed by atoms with Gasteiger partial charge in [0.25, 0.3) is 5.91 Å². The van der Waals surface area contributed by atoms with Gasteiger partial charge in [-0.15, -0.1) is 0 Å². The second kappa shape index (κ2) is 8.07. The zero-order valence-corrected chi connectivity index (χ0v) is 18.2. The van der Waals surface area contributed by atoms with E-state index in [9.17, 15) is 4.79 Å². The maximum atomic E-state index is 12.6. The minimum Gasteiger partial charge on any atom is -0.349 e. The van der Waals surface area contributed by atoms with Gasteiger partial charge >= 0.3 is 0 Å². The van der Waals surface area contributed by atoms with Crippen LogP contribution in [0.5, 0.6) is 0 Å². The van der Waals surface area contributed by atoms with Crippen molar-refractivity contribution in [3.8, 4) is 11.1 Å². The van der Waals surface area contributed by atoms with Gasteiger partial charge in [0.1, 0.15) is 0 Å². The van der Waals surface area contributed by atoms with Gasteiger partial charge in [-0.1, -0.05) is 48.5 Å². The lowest BCUT2D eigenvalue weighted by Gasteiger charge is -2.26. The lowest BCUT2D eigenvalue weighted by molar-refractivity contribution is 0.0917. The van der Waals surface area contributed by atoms with Crippen LogP contribution in [0.3, 0.4) is 0 Å². The summed E-state index contributed by atoms with van der Waals surface area (Å²) in [5, 5.41) is 4.32. The molecule has 0 spiro atoms. The average Bonchev–Trinajstić information content (AvgIpc) is 3.01. The van der Waals surface area contributed by atoms with Crippen LogP contribution in [-0.2, 0) is 6.54 Å². The first-order valence-corrected chi connectivity index (χ1v) is 11.1. The van der Waals surface area contributed by atoms with E-state index in [1.54, 1.807) is 0 Å². The predicted molar refractivity (Wildman–Crippen MR) is 127 cm³/mol. The summed E-state index contributed by atoms with van der Waals surface area (Å²) < 4.78 is 2.36. The first-order valence-electron chi connectivity index (χ1n) is 11.1. The third kappa shape index (κ3) is 3.76. The number of hydrogen-bond donors (Lipinski definition) is 1. The summed E-state index contributed by atoms with van der Waals surface area (Å²) in [4.78, 5) is 12.6. The van der Waals surface area contributed by atoms with Crippen molar-refractivity contribution in [2.45, 2.75) is 45.7 Å². The van der Waals surface area contributed by atoms with Gasteiger partial charge in [-0.05, 0) is 79.6 Å². The fourth-order valence-corrected chi connectivity index (χ4v) is 4.48. The second-order valence-corrected chi connectivity index (χ2v) is 8.70. The molecule has 1 aliphatic rings. The first-order chi connectivity index (χ1) is 15.1. The number of carbonyl (C=O) groups excluding carboxylic acids is 1. The third-order valence-electron chi connectivity index (χ3n) is 6.72. The van der Waals surface area contributed by atoms with Crippen molar-refractivity contribution < 1.29 is 4.79 Å². The molecule has 0 saturated heterocycles. The summed E-state index contributed by atoms with van der Waals surface area (Å²) in [5.74, 6) is 0.0481. The molecular formula is C28H28N2O. The Bertz CT molecular complexity index is 1250. The molecule has 1 fully saturated rings. The van der Waals surface area contributed by atoms with Gasteiger partial charge in [0, 0.05) is 34.7 Å². The highest BCUT2D eigenvalue weighted by molar-refractivity contribution is 5.99. The average molecular weight is 409 g/mol. The number of carbonyl (C=O) groups is 1. The summed E-state index contributed by atoms with van der Waals surface area (Å²) in [6, 6.07) is 25.7. The first kappa shape index (κ1) is 19.6. The van der Waals surface area contributed by atoms with E-state index < -0.39 is 0 Å². The number of aryl methyl sites for hydroxylation is 1. The maximum Gasteiger partial charge on any atom is 0.251 e. The smallest absolute Gasteiger partial charge is 0.251 e. The Kier molecular flexibility index (Phi) is 5.11. The Morgan fingerprint density at radius 2 is 1.71 bits per heavy atom. The van der Waals surface area contributed by atoms with E-state index in [-0.39, 0.29) is 5.91 Å². The molecule has 1 heterocycles. The Morgan fingerprint density at radius 1 is 0.935 bits per heavy atom. The van der Waals surface area contributed by atoms with Crippen LogP contribution in [0.15, 0.2) is 72.8 Å². The van der Waals surface area contributed by atoms with Crippen LogP contribution in [0.2, 0.25) is 0 Å². The fraction of sp³-hybridized carbons (Fsp3) is 0.250. The molecule has 0 radical (unpaired) electrons. The van der Waals surface area contributed by atoms with Crippen molar-refractivity contribution in [2.75, 3.05) is 0 Å². The van der Waals surface area contributed by atoms with Crippen LogP contribution >= 0.6 is 0 Å². The summed E-state index contributed by atoms with van der Waals surface area (Å²) in [7, 11) is 0. The zero-order valence-electron chi connectivity index (χ0n) is 18.2. The predicted octanol–water partition coefficient (Wildman–Crippen LogP) is 6.26. The molecule has 1 N–H and O–H groups in total. The molecule has 1 amide bonds. The number of benzene rings is 3. The molecule has 0 atom stereocenters. The van der Waals surface area contributed by atoms with E-state index in [2.05, 4.69) is 84.4 Å². The van der Waals surface area contributed by atoms with E-state index in [0.29, 0.717) is 6.04 Å². The standard InChI is InChI=1S/C28H28N2O/c1-19-20(2)30(18-21-8-6-11-23(16-21)22-9-4-3-5-10-22)27-15-14-24(17-26(19)27)28(31)29-25-12-7-13-25/h3-6,8-11,14-17,25H,7,12-13,18H2,1-2H3,(H,29,31). The Hall–Kier alpha value is -3.33. The number of aromatic nitrogens is 1. The normalized spacial score (nSPS) is 13.9. The molecule has 1 aliphatic carbocycles. The molecule has 3 heteroatoms. The highest BCUT2D eigenvalue weighted by atomic mass is 16.1. The van der Waals surface area contributed by atoms with Gasteiger partial charge in [-0.2, -0.15) is 0 Å². The third-order valence-corrected chi connectivity index (χ3v) is 6.72. The van der Waals surface area contributed by atoms with Crippen LogP contribution in [0.4, 0.5) is 0 Å². The molecule has 5 rings (SSSR count). The zero-order chi connectivity index (χ0) is 21.4.